The Bertz CT molecular complexity index is 982. The average molecular weight is 406 g/mol. The minimum atomic E-state index is -2.69. The highest BCUT2D eigenvalue weighted by molar-refractivity contribution is 6.33. The van der Waals surface area contributed by atoms with Gasteiger partial charge in [-0.1, -0.05) is 41.9 Å². The Balaban J connectivity index is 1.44. The van der Waals surface area contributed by atoms with E-state index in [1.54, 1.807) is 10.9 Å². The number of hydrogen-bond donors (Lipinski definition) is 1. The molecule has 2 aromatic heterocycles. The Kier molecular flexibility index (Phi) is 5.13. The van der Waals surface area contributed by atoms with Gasteiger partial charge in [-0.2, -0.15) is 10.2 Å². The number of carbonyl (C=O) groups excluding carboxylic acids is 1. The number of hydrogen-bond acceptors (Lipinski definition) is 3. The highest BCUT2D eigenvalue weighted by Crippen LogP contribution is 2.40. The third-order valence-corrected chi connectivity index (χ3v) is 4.78. The molecule has 4 rings (SSSR count). The number of anilines is 1. The van der Waals surface area contributed by atoms with Gasteiger partial charge in [0.25, 0.3) is 6.43 Å². The fourth-order valence-electron chi connectivity index (χ4n) is 2.97. The summed E-state index contributed by atoms with van der Waals surface area (Å²) in [4.78, 5) is 12.3. The van der Waals surface area contributed by atoms with Crippen LogP contribution in [-0.4, -0.2) is 25.5 Å². The van der Waals surface area contributed by atoms with E-state index in [0.29, 0.717) is 12.2 Å². The lowest BCUT2D eigenvalue weighted by molar-refractivity contribution is -0.117. The van der Waals surface area contributed by atoms with E-state index < -0.39 is 12.3 Å². The molecule has 1 aliphatic rings. The van der Waals surface area contributed by atoms with Crippen LogP contribution in [0, 0.1) is 0 Å². The molecule has 0 spiro atoms. The van der Waals surface area contributed by atoms with Gasteiger partial charge in [0.05, 0.1) is 12.2 Å². The maximum absolute atomic E-state index is 13.2. The third-order valence-electron chi connectivity index (χ3n) is 4.50. The quantitative estimate of drug-likeness (QED) is 0.639. The lowest BCUT2D eigenvalue weighted by Crippen LogP contribution is -2.21. The molecule has 28 heavy (non-hydrogen) atoms. The lowest BCUT2D eigenvalue weighted by atomic mass is 10.2. The van der Waals surface area contributed by atoms with Crippen molar-refractivity contribution in [3.63, 3.8) is 0 Å². The van der Waals surface area contributed by atoms with Crippen molar-refractivity contribution < 1.29 is 13.6 Å². The van der Waals surface area contributed by atoms with Gasteiger partial charge in [0.1, 0.15) is 17.3 Å². The summed E-state index contributed by atoms with van der Waals surface area (Å²) in [7, 11) is 0. The van der Waals surface area contributed by atoms with Gasteiger partial charge < -0.3 is 5.32 Å². The minimum absolute atomic E-state index is 0.191. The van der Waals surface area contributed by atoms with E-state index in [1.807, 2.05) is 30.3 Å². The van der Waals surface area contributed by atoms with E-state index in [2.05, 4.69) is 15.5 Å². The van der Waals surface area contributed by atoms with Crippen molar-refractivity contribution in [2.75, 3.05) is 5.32 Å². The molecular weight excluding hydrogens is 388 g/mol. The van der Waals surface area contributed by atoms with E-state index in [4.69, 9.17) is 11.6 Å². The largest absolute Gasteiger partial charge is 0.306 e. The van der Waals surface area contributed by atoms with Crippen LogP contribution in [0.5, 0.6) is 0 Å². The summed E-state index contributed by atoms with van der Waals surface area (Å²) < 4.78 is 29.2. The number of nitrogens with zero attached hydrogens (tertiary/aromatic N) is 4. The van der Waals surface area contributed by atoms with E-state index >= 15 is 0 Å². The number of benzene rings is 1. The lowest BCUT2D eigenvalue weighted by Gasteiger charge is -2.07. The third kappa shape index (κ3) is 4.22. The van der Waals surface area contributed by atoms with Crippen LogP contribution in [0.25, 0.3) is 0 Å². The molecular formula is C19H18ClF2N5O. The maximum atomic E-state index is 13.2. The molecule has 0 radical (unpaired) electrons. The fourth-order valence-corrected chi connectivity index (χ4v) is 3.17. The number of aromatic nitrogens is 4. The molecule has 9 heteroatoms. The Morgan fingerprint density at radius 3 is 2.68 bits per heavy atom. The van der Waals surface area contributed by atoms with E-state index in [9.17, 15) is 13.6 Å². The monoisotopic (exact) mass is 405 g/mol. The van der Waals surface area contributed by atoms with Gasteiger partial charge in [-0.25, -0.2) is 8.78 Å². The Morgan fingerprint density at radius 1 is 1.25 bits per heavy atom. The van der Waals surface area contributed by atoms with Crippen LogP contribution in [-0.2, 0) is 17.9 Å². The molecule has 1 amide bonds. The van der Waals surface area contributed by atoms with Gasteiger partial charge >= 0.3 is 0 Å². The zero-order valence-electron chi connectivity index (χ0n) is 14.9. The van der Waals surface area contributed by atoms with Crippen molar-refractivity contribution in [2.45, 2.75) is 38.3 Å². The van der Waals surface area contributed by atoms with Gasteiger partial charge in [0.15, 0.2) is 5.82 Å². The first-order valence-electron chi connectivity index (χ1n) is 8.92. The van der Waals surface area contributed by atoms with Gasteiger partial charge in [0, 0.05) is 12.1 Å². The first-order chi connectivity index (χ1) is 13.5. The highest BCUT2D eigenvalue weighted by atomic mass is 35.5. The molecule has 1 N–H and O–H groups in total. The Labute approximate surface area is 165 Å². The molecule has 0 unspecified atom stereocenters. The van der Waals surface area contributed by atoms with Crippen molar-refractivity contribution >= 4 is 23.3 Å². The molecule has 3 aromatic rings. The molecule has 1 saturated carbocycles. The standard InChI is InChI=1S/C19H18ClF2N5O/c20-14-10-26(9-12-4-2-1-3-5-12)25-19(14)23-17(28)11-27-16(18(21)22)8-15(24-27)13-6-7-13/h1-5,8,10,13,18H,6-7,9,11H2,(H,23,25,28). The normalized spacial score (nSPS) is 13.9. The second-order valence-corrected chi connectivity index (χ2v) is 7.19. The summed E-state index contributed by atoms with van der Waals surface area (Å²) in [5.74, 6) is -0.0973. The van der Waals surface area contributed by atoms with Crippen molar-refractivity contribution in [2.24, 2.45) is 0 Å². The molecule has 1 aromatic carbocycles. The van der Waals surface area contributed by atoms with Crippen molar-refractivity contribution in [1.29, 1.82) is 0 Å². The summed E-state index contributed by atoms with van der Waals surface area (Å²) in [6.07, 6.45) is 0.802. The predicted octanol–water partition coefficient (Wildman–Crippen LogP) is 4.24. The smallest absolute Gasteiger partial charge is 0.280 e. The predicted molar refractivity (Wildman–Crippen MR) is 101 cm³/mol. The van der Waals surface area contributed by atoms with Crippen molar-refractivity contribution in [3.05, 3.63) is 64.6 Å². The van der Waals surface area contributed by atoms with Crippen molar-refractivity contribution in [1.82, 2.24) is 19.6 Å². The number of alkyl halides is 2. The zero-order chi connectivity index (χ0) is 19.7. The first-order valence-corrected chi connectivity index (χ1v) is 9.30. The van der Waals surface area contributed by atoms with Gasteiger partial charge in [-0.05, 0) is 24.5 Å². The number of nitrogens with one attached hydrogen (secondary N) is 1. The van der Waals surface area contributed by atoms with Crippen LogP contribution >= 0.6 is 11.6 Å². The number of carbonyl (C=O) groups is 1. The Hall–Kier alpha value is -2.74. The average Bonchev–Trinajstić information content (AvgIpc) is 3.34. The van der Waals surface area contributed by atoms with E-state index in [1.165, 1.54) is 6.07 Å². The van der Waals surface area contributed by atoms with Crippen LogP contribution < -0.4 is 5.32 Å². The van der Waals surface area contributed by atoms with Gasteiger partial charge in [0.2, 0.25) is 5.91 Å². The summed E-state index contributed by atoms with van der Waals surface area (Å²) >= 11 is 6.15. The number of halogens is 3. The van der Waals surface area contributed by atoms with Crippen molar-refractivity contribution in [3.8, 4) is 0 Å². The maximum Gasteiger partial charge on any atom is 0.280 e. The molecule has 1 aliphatic carbocycles. The SMILES string of the molecule is O=C(Cn1nc(C2CC2)cc1C(F)F)Nc1nn(Cc2ccccc2)cc1Cl. The molecule has 146 valence electrons. The second-order valence-electron chi connectivity index (χ2n) is 6.78. The Morgan fingerprint density at radius 2 is 2.00 bits per heavy atom. The molecule has 0 bridgehead atoms. The number of rotatable bonds is 7. The van der Waals surface area contributed by atoms with Gasteiger partial charge in [-0.3, -0.25) is 14.2 Å². The summed E-state index contributed by atoms with van der Waals surface area (Å²) in [5.41, 5.74) is 1.40. The number of amides is 1. The molecule has 1 fully saturated rings. The van der Waals surface area contributed by atoms with Crippen LogP contribution in [0.1, 0.15) is 42.1 Å². The fraction of sp³-hybridized carbons (Fsp3) is 0.316. The van der Waals surface area contributed by atoms with E-state index in [-0.39, 0.29) is 29.0 Å². The molecule has 0 saturated heterocycles. The molecule has 0 aliphatic heterocycles. The second kappa shape index (κ2) is 7.71. The highest BCUT2D eigenvalue weighted by Gasteiger charge is 2.29. The summed E-state index contributed by atoms with van der Waals surface area (Å²) in [5, 5.41) is 11.3. The van der Waals surface area contributed by atoms with Crippen LogP contribution in [0.4, 0.5) is 14.6 Å². The van der Waals surface area contributed by atoms with E-state index in [0.717, 1.165) is 23.1 Å². The molecule has 0 atom stereocenters. The van der Waals surface area contributed by atoms with Crippen LogP contribution in [0.2, 0.25) is 5.02 Å². The molecule has 2 heterocycles. The van der Waals surface area contributed by atoms with Gasteiger partial charge in [-0.15, -0.1) is 0 Å². The first kappa shape index (κ1) is 18.6. The van der Waals surface area contributed by atoms with Crippen LogP contribution in [0.3, 0.4) is 0 Å². The summed E-state index contributed by atoms with van der Waals surface area (Å²) in [6.45, 7) is 0.171. The minimum Gasteiger partial charge on any atom is -0.306 e. The van der Waals surface area contributed by atoms with Crippen LogP contribution in [0.15, 0.2) is 42.6 Å². The topological polar surface area (TPSA) is 64.7 Å². The molecule has 6 nitrogen and oxygen atoms in total. The summed E-state index contributed by atoms with van der Waals surface area (Å²) in [6, 6.07) is 11.1. The zero-order valence-corrected chi connectivity index (χ0v) is 15.6.